The van der Waals surface area contributed by atoms with Gasteiger partial charge in [-0.3, -0.25) is 4.98 Å². The van der Waals surface area contributed by atoms with Crippen LogP contribution in [0.5, 0.6) is 0 Å². The zero-order valence-corrected chi connectivity index (χ0v) is 30.5. The van der Waals surface area contributed by atoms with Gasteiger partial charge in [-0.25, -0.2) is 0 Å². The third-order valence-electron chi connectivity index (χ3n) is 10.2. The van der Waals surface area contributed by atoms with Crippen molar-refractivity contribution < 1.29 is 21.1 Å². The first kappa shape index (κ1) is 29.7. The van der Waals surface area contributed by atoms with Gasteiger partial charge >= 0.3 is 0 Å². The smallest absolute Gasteiger partial charge is 0.0609 e. The minimum absolute atomic E-state index is 0. The Labute approximate surface area is 306 Å². The number of benzene rings is 6. The molecule has 0 spiro atoms. The average Bonchev–Trinajstić information content (AvgIpc) is 3.84. The predicted octanol–water partition coefficient (Wildman–Crippen LogP) is 11.3. The number of rotatable bonds is 2. The topological polar surface area (TPSA) is 28.2 Å². The van der Waals surface area contributed by atoms with Crippen LogP contribution in [0, 0.1) is 39.6 Å². The van der Waals surface area contributed by atoms with Gasteiger partial charge in [0.15, 0.2) is 0 Å². The van der Waals surface area contributed by atoms with Crippen LogP contribution in [-0.4, -0.2) is 13.8 Å². The second kappa shape index (κ2) is 10.7. The Morgan fingerprint density at radius 3 is 2.28 bits per heavy atom. The van der Waals surface area contributed by atoms with E-state index in [-0.39, 0.29) is 21.1 Å². The van der Waals surface area contributed by atoms with Gasteiger partial charge in [-0.2, -0.15) is 17.4 Å². The normalized spacial score (nSPS) is 13.2. The molecule has 1 aliphatic rings. The van der Waals surface area contributed by atoms with Gasteiger partial charge in [-0.05, 0) is 77.2 Å². The van der Waals surface area contributed by atoms with Crippen LogP contribution in [0.4, 0.5) is 22.7 Å². The van der Waals surface area contributed by atoms with Crippen molar-refractivity contribution in [3.05, 3.63) is 145 Å². The summed E-state index contributed by atoms with van der Waals surface area (Å²) in [5, 5.41) is 5.80. The number of nitrogens with zero attached hydrogens (tertiary/aromatic N) is 5. The van der Waals surface area contributed by atoms with Crippen LogP contribution in [0.25, 0.3) is 64.0 Å². The molecule has 5 heterocycles. The molecule has 0 radical (unpaired) electrons. The molecule has 1 aliphatic heterocycles. The first-order chi connectivity index (χ1) is 24.0. The Morgan fingerprint density at radius 2 is 1.44 bits per heavy atom. The summed E-state index contributed by atoms with van der Waals surface area (Å²) in [6.07, 6.45) is 3.93. The summed E-state index contributed by atoms with van der Waals surface area (Å²) < 4.78 is 6.99. The summed E-state index contributed by atoms with van der Waals surface area (Å²) in [4.78, 5) is 9.43. The first-order valence-electron chi connectivity index (χ1n) is 16.6. The maximum atomic E-state index is 4.82. The molecule has 0 fully saturated rings. The summed E-state index contributed by atoms with van der Waals surface area (Å²) in [5.41, 5.74) is 13.7. The minimum Gasteiger partial charge on any atom is -0.493 e. The Kier molecular flexibility index (Phi) is 6.34. The first-order valence-corrected chi connectivity index (χ1v) is 17.4. The molecule has 4 aromatic heterocycles. The van der Waals surface area contributed by atoms with Crippen LogP contribution in [0.15, 0.2) is 109 Å². The van der Waals surface area contributed by atoms with Crippen molar-refractivity contribution in [2.75, 3.05) is 9.80 Å². The van der Waals surface area contributed by atoms with Crippen LogP contribution < -0.4 is 9.80 Å². The Bertz CT molecular complexity index is 3020. The van der Waals surface area contributed by atoms with Crippen molar-refractivity contribution in [2.24, 2.45) is 0 Å². The largest absolute Gasteiger partial charge is 0.493 e. The van der Waals surface area contributed by atoms with E-state index in [1.807, 2.05) is 23.7 Å². The number of pyridine rings is 1. The van der Waals surface area contributed by atoms with Gasteiger partial charge in [0.1, 0.15) is 0 Å². The molecule has 6 aromatic carbocycles. The second-order valence-electron chi connectivity index (χ2n) is 13.2. The number of para-hydroxylation sites is 4. The maximum absolute atomic E-state index is 4.82. The maximum Gasteiger partial charge on any atom is 0.0609 e. The number of imidazole rings is 1. The summed E-state index contributed by atoms with van der Waals surface area (Å²) in [5.74, 6) is 0. The molecule has 0 unspecified atom stereocenters. The van der Waals surface area contributed by atoms with Gasteiger partial charge in [0.25, 0.3) is 0 Å². The molecule has 50 heavy (non-hydrogen) atoms. The molecule has 0 N–H and O–H groups in total. The molecule has 244 valence electrons. The number of aryl methyl sites for hydroxylation is 3. The van der Waals surface area contributed by atoms with Crippen molar-refractivity contribution in [1.82, 2.24) is 13.8 Å². The number of anilines is 4. The molecule has 10 aromatic rings. The zero-order valence-electron chi connectivity index (χ0n) is 27.4. The fraction of sp³-hybridized carbons (Fsp3) is 0.0698. The van der Waals surface area contributed by atoms with E-state index >= 15 is 0 Å². The molecule has 0 aliphatic carbocycles. The molecule has 0 saturated carbocycles. The van der Waals surface area contributed by atoms with Crippen LogP contribution in [0.3, 0.4) is 0 Å². The van der Waals surface area contributed by atoms with Crippen molar-refractivity contribution >= 4 is 98.1 Å². The van der Waals surface area contributed by atoms with Crippen LogP contribution in [-0.2, 0) is 21.1 Å². The van der Waals surface area contributed by atoms with E-state index in [2.05, 4.69) is 155 Å². The van der Waals surface area contributed by atoms with Crippen molar-refractivity contribution in [3.63, 3.8) is 0 Å². The minimum atomic E-state index is 0. The third kappa shape index (κ3) is 3.95. The Morgan fingerprint density at radius 1 is 0.680 bits per heavy atom. The summed E-state index contributed by atoms with van der Waals surface area (Å²) in [7, 11) is 0. The van der Waals surface area contributed by atoms with E-state index in [0.29, 0.717) is 0 Å². The Balaban J connectivity index is 0.00000316. The molecule has 7 heteroatoms. The molecule has 0 amide bonds. The zero-order chi connectivity index (χ0) is 32.5. The van der Waals surface area contributed by atoms with Crippen molar-refractivity contribution in [2.45, 2.75) is 20.8 Å². The van der Waals surface area contributed by atoms with E-state index < -0.39 is 0 Å². The van der Waals surface area contributed by atoms with Gasteiger partial charge in [-0.15, -0.1) is 42.0 Å². The number of fused-ring (bicyclic) bond motifs is 12. The fourth-order valence-corrected chi connectivity index (χ4v) is 9.39. The van der Waals surface area contributed by atoms with Crippen LogP contribution in [0.1, 0.15) is 16.7 Å². The van der Waals surface area contributed by atoms with Crippen molar-refractivity contribution in [1.29, 1.82) is 0 Å². The third-order valence-corrected chi connectivity index (χ3v) is 11.3. The quantitative estimate of drug-likeness (QED) is 0.0986. The Hall–Kier alpha value is -5.16. The second-order valence-corrected chi connectivity index (χ2v) is 14.3. The van der Waals surface area contributed by atoms with E-state index in [0.717, 1.165) is 44.6 Å². The van der Waals surface area contributed by atoms with E-state index in [4.69, 9.17) is 4.98 Å². The van der Waals surface area contributed by atoms with Gasteiger partial charge in [0.2, 0.25) is 0 Å². The molecule has 5 nitrogen and oxygen atoms in total. The average molecular weight is 842 g/mol. The number of hydrogen-bond donors (Lipinski definition) is 0. The SMILES string of the molecule is Cc1cc(C)c(N2[CH-]N(c3[c-]c4c(cc3)c3cccc5sc6cc7c([c-]c6n4c53)c3nccn3c3ccccc73)c3ccccc32)c(C)c1.[Pt]. The molecule has 0 atom stereocenters. The van der Waals surface area contributed by atoms with E-state index in [9.17, 15) is 0 Å². The summed E-state index contributed by atoms with van der Waals surface area (Å²) >= 11 is 1.83. The molecule has 0 bridgehead atoms. The monoisotopic (exact) mass is 841 g/mol. The molecular weight excluding hydrogens is 814 g/mol. The van der Waals surface area contributed by atoms with Crippen molar-refractivity contribution in [3.8, 4) is 0 Å². The standard InChI is InChI=1S/C43H28N5S.Pt/c1-25-19-26(2)41(27(3)20-25)47-24-46(35-12-6-7-13-36(35)47)28-15-16-30-31-10-8-14-39-42(31)48(37(30)21-28)38-22-33-32(23-40(38)49-39)29-9-4-5-11-34(29)45-18-17-44-43(33)45;/h4-20,23-24H,1-3H3;/q-3;. The number of aromatic nitrogens is 3. The fourth-order valence-electron chi connectivity index (χ4n) is 8.29. The predicted molar refractivity (Wildman–Crippen MR) is 205 cm³/mol. The van der Waals surface area contributed by atoms with Gasteiger partial charge < -0.3 is 18.6 Å². The molecule has 11 rings (SSSR count). The summed E-state index contributed by atoms with van der Waals surface area (Å²) in [6, 6.07) is 43.1. The van der Waals surface area contributed by atoms with Gasteiger partial charge in [0, 0.05) is 60.7 Å². The molecular formula is C43H28N5PtS-3. The van der Waals surface area contributed by atoms with Gasteiger partial charge in [0.05, 0.1) is 11.2 Å². The van der Waals surface area contributed by atoms with E-state index in [1.54, 1.807) is 0 Å². The van der Waals surface area contributed by atoms with Gasteiger partial charge in [-0.1, -0.05) is 76.4 Å². The summed E-state index contributed by atoms with van der Waals surface area (Å²) in [6.45, 7) is 8.80. The number of hydrogen-bond acceptors (Lipinski definition) is 4. The molecule has 0 saturated heterocycles. The van der Waals surface area contributed by atoms with E-state index in [1.165, 1.54) is 58.8 Å². The van der Waals surface area contributed by atoms with Crippen LogP contribution in [0.2, 0.25) is 0 Å². The van der Waals surface area contributed by atoms with Crippen LogP contribution >= 0.6 is 11.3 Å².